The third-order valence-corrected chi connectivity index (χ3v) is 4.99. The lowest BCUT2D eigenvalue weighted by molar-refractivity contribution is 0.305. The highest BCUT2D eigenvalue weighted by molar-refractivity contribution is 6.34. The van der Waals surface area contributed by atoms with Gasteiger partial charge in [-0.05, 0) is 37.9 Å². The molecule has 0 spiro atoms. The molecule has 1 fully saturated rings. The zero-order chi connectivity index (χ0) is 15.2. The molecule has 1 aromatic rings. The van der Waals surface area contributed by atoms with Crippen LogP contribution in [0.25, 0.3) is 0 Å². The van der Waals surface area contributed by atoms with Crippen LogP contribution in [0, 0.1) is 5.92 Å². The highest BCUT2D eigenvalue weighted by Gasteiger charge is 2.22. The van der Waals surface area contributed by atoms with E-state index in [4.69, 9.17) is 27.9 Å². The molecule has 2 nitrogen and oxygen atoms in total. The van der Waals surface area contributed by atoms with Crippen molar-refractivity contribution < 1.29 is 4.74 Å². The summed E-state index contributed by atoms with van der Waals surface area (Å²) in [7, 11) is 1.99. The normalized spacial score (nSPS) is 17.7. The Balaban J connectivity index is 2.15. The van der Waals surface area contributed by atoms with Crippen LogP contribution in [0.15, 0.2) is 12.1 Å². The molecule has 0 heterocycles. The van der Waals surface area contributed by atoms with Gasteiger partial charge >= 0.3 is 0 Å². The van der Waals surface area contributed by atoms with Crippen molar-refractivity contribution in [3.8, 4) is 5.75 Å². The predicted octanol–water partition coefficient (Wildman–Crippen LogP) is 5.62. The maximum atomic E-state index is 6.45. The summed E-state index contributed by atoms with van der Waals surface area (Å²) in [6, 6.07) is 4.06. The van der Waals surface area contributed by atoms with Crippen LogP contribution in [0.2, 0.25) is 10.0 Å². The average molecular weight is 330 g/mol. The first kappa shape index (κ1) is 16.9. The standard InChI is InChI=1S/C17H25Cl2NO/c1-3-21-17-11-14(18)13(10-15(17)19)16(20-2)9-12-7-5-4-6-8-12/h10-12,16,20H,3-9H2,1-2H3. The molecule has 1 saturated carbocycles. The first-order valence-corrected chi connectivity index (χ1v) is 8.70. The Morgan fingerprint density at radius 1 is 1.19 bits per heavy atom. The van der Waals surface area contributed by atoms with Crippen molar-refractivity contribution in [2.45, 2.75) is 51.5 Å². The van der Waals surface area contributed by atoms with Crippen molar-refractivity contribution >= 4 is 23.2 Å². The van der Waals surface area contributed by atoms with Crippen molar-refractivity contribution in [1.29, 1.82) is 0 Å². The van der Waals surface area contributed by atoms with Crippen molar-refractivity contribution in [3.63, 3.8) is 0 Å². The maximum absolute atomic E-state index is 6.45. The molecular formula is C17H25Cl2NO. The zero-order valence-electron chi connectivity index (χ0n) is 12.9. The van der Waals surface area contributed by atoms with Crippen molar-refractivity contribution in [2.24, 2.45) is 5.92 Å². The fourth-order valence-electron chi connectivity index (χ4n) is 3.23. The lowest BCUT2D eigenvalue weighted by atomic mass is 9.83. The van der Waals surface area contributed by atoms with Gasteiger partial charge in [-0.1, -0.05) is 55.3 Å². The van der Waals surface area contributed by atoms with E-state index in [0.717, 1.165) is 22.9 Å². The maximum Gasteiger partial charge on any atom is 0.139 e. The predicted molar refractivity (Wildman–Crippen MR) is 90.6 cm³/mol. The van der Waals surface area contributed by atoms with Crippen molar-refractivity contribution in [1.82, 2.24) is 5.32 Å². The number of hydrogen-bond acceptors (Lipinski definition) is 2. The molecule has 1 atom stereocenters. The summed E-state index contributed by atoms with van der Waals surface area (Å²) in [5.74, 6) is 1.46. The van der Waals surface area contributed by atoms with E-state index in [0.29, 0.717) is 17.4 Å². The van der Waals surface area contributed by atoms with E-state index in [1.165, 1.54) is 32.1 Å². The Hall–Kier alpha value is -0.440. The largest absolute Gasteiger partial charge is 0.492 e. The SMILES string of the molecule is CCOc1cc(Cl)c(C(CC2CCCCC2)NC)cc1Cl. The van der Waals surface area contributed by atoms with Crippen LogP contribution in [0.1, 0.15) is 57.1 Å². The van der Waals surface area contributed by atoms with Gasteiger partial charge < -0.3 is 10.1 Å². The molecule has 0 aliphatic heterocycles. The van der Waals surface area contributed by atoms with Crippen LogP contribution in [0.4, 0.5) is 0 Å². The second-order valence-corrected chi connectivity index (χ2v) is 6.63. The van der Waals surface area contributed by atoms with Gasteiger partial charge in [0.05, 0.1) is 11.6 Å². The Morgan fingerprint density at radius 2 is 1.90 bits per heavy atom. The van der Waals surface area contributed by atoms with Gasteiger partial charge in [0.2, 0.25) is 0 Å². The molecule has 1 aliphatic rings. The fraction of sp³-hybridized carbons (Fsp3) is 0.647. The number of rotatable bonds is 6. The summed E-state index contributed by atoms with van der Waals surface area (Å²) in [5.41, 5.74) is 1.08. The van der Waals surface area contributed by atoms with E-state index in [2.05, 4.69) is 5.32 Å². The Labute approximate surface area is 138 Å². The van der Waals surface area contributed by atoms with Gasteiger partial charge in [-0.15, -0.1) is 0 Å². The zero-order valence-corrected chi connectivity index (χ0v) is 14.4. The Kier molecular flexibility index (Phi) is 6.66. The number of nitrogens with one attached hydrogen (secondary N) is 1. The minimum atomic E-state index is 0.258. The number of ether oxygens (including phenoxy) is 1. The van der Waals surface area contributed by atoms with Gasteiger partial charge in [-0.3, -0.25) is 0 Å². The van der Waals surface area contributed by atoms with Gasteiger partial charge in [0.25, 0.3) is 0 Å². The molecular weight excluding hydrogens is 305 g/mol. The summed E-state index contributed by atoms with van der Waals surface area (Å²) in [5, 5.41) is 4.77. The first-order valence-electron chi connectivity index (χ1n) is 7.94. The average Bonchev–Trinajstić information content (AvgIpc) is 2.50. The molecule has 0 aromatic heterocycles. The minimum Gasteiger partial charge on any atom is -0.492 e. The van der Waals surface area contributed by atoms with E-state index in [1.807, 2.05) is 26.1 Å². The number of hydrogen-bond donors (Lipinski definition) is 1. The molecule has 1 unspecified atom stereocenters. The van der Waals surface area contributed by atoms with Gasteiger partial charge in [0.15, 0.2) is 0 Å². The smallest absolute Gasteiger partial charge is 0.139 e. The lowest BCUT2D eigenvalue weighted by Gasteiger charge is -2.27. The van der Waals surface area contributed by atoms with E-state index in [9.17, 15) is 0 Å². The van der Waals surface area contributed by atoms with Crippen LogP contribution in [0.3, 0.4) is 0 Å². The summed E-state index contributed by atoms with van der Waals surface area (Å²) < 4.78 is 5.50. The van der Waals surface area contributed by atoms with E-state index >= 15 is 0 Å². The third-order valence-electron chi connectivity index (χ3n) is 4.37. The molecule has 0 amide bonds. The second kappa shape index (κ2) is 8.26. The van der Waals surface area contributed by atoms with Crippen LogP contribution in [0.5, 0.6) is 5.75 Å². The van der Waals surface area contributed by atoms with Crippen molar-refractivity contribution in [3.05, 3.63) is 27.7 Å². The third kappa shape index (κ3) is 4.51. The van der Waals surface area contributed by atoms with Crippen LogP contribution < -0.4 is 10.1 Å². The molecule has 4 heteroatoms. The second-order valence-electron chi connectivity index (χ2n) is 5.82. The molecule has 118 valence electrons. The summed E-state index contributed by atoms with van der Waals surface area (Å²) in [6.07, 6.45) is 7.90. The van der Waals surface area contributed by atoms with E-state index in [-0.39, 0.29) is 6.04 Å². The molecule has 21 heavy (non-hydrogen) atoms. The quantitative estimate of drug-likeness (QED) is 0.730. The monoisotopic (exact) mass is 329 g/mol. The Morgan fingerprint density at radius 3 is 2.52 bits per heavy atom. The summed E-state index contributed by atoms with van der Waals surface area (Å²) in [6.45, 7) is 2.53. The molecule has 1 aromatic carbocycles. The minimum absolute atomic E-state index is 0.258. The van der Waals surface area contributed by atoms with Gasteiger partial charge in [0.1, 0.15) is 5.75 Å². The molecule has 2 rings (SSSR count). The molecule has 0 radical (unpaired) electrons. The van der Waals surface area contributed by atoms with E-state index < -0.39 is 0 Å². The van der Waals surface area contributed by atoms with Gasteiger partial charge in [-0.25, -0.2) is 0 Å². The lowest BCUT2D eigenvalue weighted by Crippen LogP contribution is -2.21. The highest BCUT2D eigenvalue weighted by atomic mass is 35.5. The highest BCUT2D eigenvalue weighted by Crippen LogP contribution is 2.38. The Bertz CT molecular complexity index is 458. The van der Waals surface area contributed by atoms with Gasteiger partial charge in [0, 0.05) is 17.1 Å². The molecule has 0 saturated heterocycles. The van der Waals surface area contributed by atoms with Crippen LogP contribution in [-0.4, -0.2) is 13.7 Å². The number of benzene rings is 1. The fourth-order valence-corrected chi connectivity index (χ4v) is 3.75. The number of halogens is 2. The first-order chi connectivity index (χ1) is 10.2. The van der Waals surface area contributed by atoms with Crippen LogP contribution in [-0.2, 0) is 0 Å². The van der Waals surface area contributed by atoms with E-state index in [1.54, 1.807) is 0 Å². The van der Waals surface area contributed by atoms with Crippen molar-refractivity contribution in [2.75, 3.05) is 13.7 Å². The molecule has 1 aliphatic carbocycles. The topological polar surface area (TPSA) is 21.3 Å². The van der Waals surface area contributed by atoms with Crippen LogP contribution >= 0.6 is 23.2 Å². The van der Waals surface area contributed by atoms with Gasteiger partial charge in [-0.2, -0.15) is 0 Å². The summed E-state index contributed by atoms with van der Waals surface area (Å²) in [4.78, 5) is 0. The summed E-state index contributed by atoms with van der Waals surface area (Å²) >= 11 is 12.8. The molecule has 0 bridgehead atoms. The molecule has 1 N–H and O–H groups in total.